The lowest BCUT2D eigenvalue weighted by Gasteiger charge is -2.09. The number of para-hydroxylation sites is 1. The van der Waals surface area contributed by atoms with Gasteiger partial charge in [0.25, 0.3) is 0 Å². The molecule has 2 aromatic carbocycles. The minimum Gasteiger partial charge on any atom is -0.377 e. The number of hydrogen-bond donors (Lipinski definition) is 0. The molecule has 23 heavy (non-hydrogen) atoms. The second-order valence-electron chi connectivity index (χ2n) is 4.89. The van der Waals surface area contributed by atoms with Crippen molar-refractivity contribution in [2.45, 2.75) is 11.8 Å². The van der Waals surface area contributed by atoms with Gasteiger partial charge in [-0.2, -0.15) is 8.42 Å². The van der Waals surface area contributed by atoms with Gasteiger partial charge in [0.2, 0.25) is 0 Å². The zero-order chi connectivity index (χ0) is 16.6. The van der Waals surface area contributed by atoms with Gasteiger partial charge in [-0.3, -0.25) is 0 Å². The van der Waals surface area contributed by atoms with Crippen molar-refractivity contribution in [2.75, 3.05) is 0 Å². The summed E-state index contributed by atoms with van der Waals surface area (Å²) >= 11 is 0. The van der Waals surface area contributed by atoms with E-state index < -0.39 is 26.6 Å². The Morgan fingerprint density at radius 3 is 2.52 bits per heavy atom. The van der Waals surface area contributed by atoms with Crippen molar-refractivity contribution >= 4 is 21.0 Å². The molecule has 0 N–H and O–H groups in total. The molecular formula is C16H11F2NO3S. The summed E-state index contributed by atoms with van der Waals surface area (Å²) in [7, 11) is -4.30. The van der Waals surface area contributed by atoms with Crippen LogP contribution in [0.5, 0.6) is 5.75 Å². The number of aromatic nitrogens is 1. The van der Waals surface area contributed by atoms with Crippen LogP contribution in [0.2, 0.25) is 0 Å². The molecule has 1 heterocycles. The third-order valence-corrected chi connectivity index (χ3v) is 4.43. The van der Waals surface area contributed by atoms with Crippen LogP contribution in [0.1, 0.15) is 5.69 Å². The van der Waals surface area contributed by atoms with Gasteiger partial charge >= 0.3 is 10.1 Å². The molecule has 0 spiro atoms. The monoisotopic (exact) mass is 335 g/mol. The molecule has 0 fully saturated rings. The first-order valence-corrected chi connectivity index (χ1v) is 8.03. The molecule has 0 aliphatic rings. The summed E-state index contributed by atoms with van der Waals surface area (Å²) in [4.78, 5) is 3.79. The number of aryl methyl sites for hydroxylation is 1. The highest BCUT2D eigenvalue weighted by atomic mass is 32.2. The van der Waals surface area contributed by atoms with Crippen LogP contribution in [-0.4, -0.2) is 13.4 Å². The maximum atomic E-state index is 13.2. The van der Waals surface area contributed by atoms with E-state index >= 15 is 0 Å². The first kappa shape index (κ1) is 15.4. The van der Waals surface area contributed by atoms with E-state index in [-0.39, 0.29) is 5.75 Å². The SMILES string of the molecule is Cc1ccc2cccc(OS(=O)(=O)c3ccc(F)c(F)c3)c2n1. The number of nitrogens with zero attached hydrogens (tertiary/aromatic N) is 1. The molecule has 1 aromatic heterocycles. The number of pyridine rings is 1. The van der Waals surface area contributed by atoms with Gasteiger partial charge in [0, 0.05) is 11.1 Å². The molecule has 0 bridgehead atoms. The van der Waals surface area contributed by atoms with Crippen LogP contribution in [0.3, 0.4) is 0 Å². The molecule has 0 radical (unpaired) electrons. The number of rotatable bonds is 3. The van der Waals surface area contributed by atoms with E-state index in [0.717, 1.165) is 12.1 Å². The zero-order valence-electron chi connectivity index (χ0n) is 12.0. The topological polar surface area (TPSA) is 56.3 Å². The highest BCUT2D eigenvalue weighted by Crippen LogP contribution is 2.27. The van der Waals surface area contributed by atoms with E-state index in [2.05, 4.69) is 4.98 Å². The lowest BCUT2D eigenvalue weighted by atomic mass is 10.2. The standard InChI is InChI=1S/C16H11F2NO3S/c1-10-5-6-11-3-2-4-15(16(11)19-10)22-23(20,21)12-7-8-13(17)14(18)9-12/h2-9H,1H3. The van der Waals surface area contributed by atoms with E-state index in [9.17, 15) is 17.2 Å². The Bertz CT molecular complexity index is 1000. The summed E-state index contributed by atoms with van der Waals surface area (Å²) < 4.78 is 55.8. The summed E-state index contributed by atoms with van der Waals surface area (Å²) in [6.07, 6.45) is 0. The molecular weight excluding hydrogens is 324 g/mol. The Labute approximate surface area is 131 Å². The minimum absolute atomic E-state index is 0.0240. The molecule has 4 nitrogen and oxygen atoms in total. The van der Waals surface area contributed by atoms with Crippen LogP contribution < -0.4 is 4.18 Å². The smallest absolute Gasteiger partial charge is 0.339 e. The van der Waals surface area contributed by atoms with E-state index in [4.69, 9.17) is 4.18 Å². The lowest BCUT2D eigenvalue weighted by molar-refractivity contribution is 0.481. The molecule has 0 aliphatic carbocycles. The Kier molecular flexibility index (Phi) is 3.73. The molecule has 0 aliphatic heterocycles. The molecule has 0 saturated heterocycles. The zero-order valence-corrected chi connectivity index (χ0v) is 12.8. The van der Waals surface area contributed by atoms with E-state index in [0.29, 0.717) is 22.7 Å². The van der Waals surface area contributed by atoms with Gasteiger partial charge in [-0.05, 0) is 37.3 Å². The number of halogens is 2. The van der Waals surface area contributed by atoms with Crippen LogP contribution in [0, 0.1) is 18.6 Å². The normalized spacial score (nSPS) is 11.6. The minimum atomic E-state index is -4.30. The van der Waals surface area contributed by atoms with Gasteiger partial charge in [0.15, 0.2) is 17.4 Å². The van der Waals surface area contributed by atoms with Crippen LogP contribution in [0.25, 0.3) is 10.9 Å². The van der Waals surface area contributed by atoms with Crippen molar-refractivity contribution in [3.05, 3.63) is 65.9 Å². The molecule has 0 unspecified atom stereocenters. The van der Waals surface area contributed by atoms with Crippen molar-refractivity contribution in [3.63, 3.8) is 0 Å². The summed E-state index contributed by atoms with van der Waals surface area (Å²) in [5, 5.41) is 0.702. The van der Waals surface area contributed by atoms with Crippen LogP contribution in [0.4, 0.5) is 8.78 Å². The van der Waals surface area contributed by atoms with Crippen LogP contribution in [-0.2, 0) is 10.1 Å². The molecule has 0 atom stereocenters. The van der Waals surface area contributed by atoms with Gasteiger partial charge in [-0.1, -0.05) is 18.2 Å². The fourth-order valence-electron chi connectivity index (χ4n) is 2.08. The fraction of sp³-hybridized carbons (Fsp3) is 0.0625. The first-order chi connectivity index (χ1) is 10.9. The number of fused-ring (bicyclic) bond motifs is 1. The van der Waals surface area contributed by atoms with Crippen molar-refractivity contribution in [1.29, 1.82) is 0 Å². The van der Waals surface area contributed by atoms with Crippen LogP contribution >= 0.6 is 0 Å². The fourth-order valence-corrected chi connectivity index (χ4v) is 3.03. The van der Waals surface area contributed by atoms with E-state index in [1.807, 2.05) is 0 Å². The molecule has 3 aromatic rings. The Morgan fingerprint density at radius 1 is 1.00 bits per heavy atom. The van der Waals surface area contributed by atoms with Gasteiger partial charge in [0.1, 0.15) is 10.4 Å². The predicted molar refractivity (Wildman–Crippen MR) is 80.7 cm³/mol. The average molecular weight is 335 g/mol. The largest absolute Gasteiger partial charge is 0.377 e. The maximum absolute atomic E-state index is 13.2. The molecule has 0 saturated carbocycles. The maximum Gasteiger partial charge on any atom is 0.339 e. The Hall–Kier alpha value is -2.54. The third kappa shape index (κ3) is 3.00. The molecule has 118 valence electrons. The Balaban J connectivity index is 2.07. The van der Waals surface area contributed by atoms with Gasteiger partial charge < -0.3 is 4.18 Å². The highest BCUT2D eigenvalue weighted by Gasteiger charge is 2.20. The number of benzene rings is 2. The van der Waals surface area contributed by atoms with Gasteiger partial charge in [-0.25, -0.2) is 13.8 Å². The summed E-state index contributed by atoms with van der Waals surface area (Å²) in [5.74, 6) is -2.37. The third-order valence-electron chi connectivity index (χ3n) is 3.20. The molecule has 3 rings (SSSR count). The Morgan fingerprint density at radius 2 is 1.78 bits per heavy atom. The predicted octanol–water partition coefficient (Wildman–Crippen LogP) is 3.59. The van der Waals surface area contributed by atoms with Crippen molar-refractivity contribution in [3.8, 4) is 5.75 Å². The quantitative estimate of drug-likeness (QED) is 0.687. The summed E-state index contributed by atoms with van der Waals surface area (Å²) in [5.41, 5.74) is 1.07. The number of hydrogen-bond acceptors (Lipinski definition) is 4. The van der Waals surface area contributed by atoms with Crippen molar-refractivity contribution in [2.24, 2.45) is 0 Å². The van der Waals surface area contributed by atoms with Crippen LogP contribution in [0.15, 0.2) is 53.4 Å². The summed E-state index contributed by atoms with van der Waals surface area (Å²) in [6.45, 7) is 1.76. The van der Waals surface area contributed by atoms with E-state index in [1.54, 1.807) is 31.2 Å². The molecule has 7 heteroatoms. The lowest BCUT2D eigenvalue weighted by Crippen LogP contribution is -2.11. The molecule has 0 amide bonds. The van der Waals surface area contributed by atoms with Crippen molar-refractivity contribution in [1.82, 2.24) is 4.98 Å². The van der Waals surface area contributed by atoms with E-state index in [1.165, 1.54) is 6.07 Å². The van der Waals surface area contributed by atoms with Crippen molar-refractivity contribution < 1.29 is 21.4 Å². The van der Waals surface area contributed by atoms with Gasteiger partial charge in [0.05, 0.1) is 0 Å². The first-order valence-electron chi connectivity index (χ1n) is 6.63. The summed E-state index contributed by atoms with van der Waals surface area (Å²) in [6, 6.07) is 10.7. The second-order valence-corrected chi connectivity index (χ2v) is 6.44. The van der Waals surface area contributed by atoms with Gasteiger partial charge in [-0.15, -0.1) is 0 Å². The highest BCUT2D eigenvalue weighted by molar-refractivity contribution is 7.87. The second kappa shape index (κ2) is 5.58. The average Bonchev–Trinajstić information content (AvgIpc) is 2.50.